The largest absolute Gasteiger partial charge is 0.378 e. The van der Waals surface area contributed by atoms with Crippen LogP contribution in [0.2, 0.25) is 5.02 Å². The first-order valence-electron chi connectivity index (χ1n) is 7.34. The predicted molar refractivity (Wildman–Crippen MR) is 88.5 cm³/mol. The van der Waals surface area contributed by atoms with Crippen LogP contribution in [0.5, 0.6) is 0 Å². The second-order valence-electron chi connectivity index (χ2n) is 5.10. The van der Waals surface area contributed by atoms with Crippen molar-refractivity contribution in [1.29, 1.82) is 0 Å². The van der Waals surface area contributed by atoms with Gasteiger partial charge in [0.25, 0.3) is 0 Å². The van der Waals surface area contributed by atoms with E-state index < -0.39 is 0 Å². The summed E-state index contributed by atoms with van der Waals surface area (Å²) in [5.41, 5.74) is 3.85. The van der Waals surface area contributed by atoms with Crippen LogP contribution in [0.15, 0.2) is 48.5 Å². The van der Waals surface area contributed by atoms with E-state index in [2.05, 4.69) is 55.6 Å². The van der Waals surface area contributed by atoms with Gasteiger partial charge in [0.1, 0.15) is 0 Å². The Labute approximate surface area is 127 Å². The molecule has 2 aromatic rings. The summed E-state index contributed by atoms with van der Waals surface area (Å²) < 4.78 is 0. The maximum absolute atomic E-state index is 5.95. The van der Waals surface area contributed by atoms with Crippen LogP contribution in [0.4, 0.5) is 5.69 Å². The van der Waals surface area contributed by atoms with Crippen LogP contribution in [0.25, 0.3) is 0 Å². The molecule has 2 aromatic carbocycles. The summed E-state index contributed by atoms with van der Waals surface area (Å²) in [5, 5.41) is 4.38. The van der Waals surface area contributed by atoms with Crippen LogP contribution >= 0.6 is 11.6 Å². The Morgan fingerprint density at radius 1 is 0.950 bits per heavy atom. The Bertz CT molecular complexity index is 516. The first-order valence-corrected chi connectivity index (χ1v) is 7.71. The summed E-state index contributed by atoms with van der Waals surface area (Å²) >= 11 is 5.95. The van der Waals surface area contributed by atoms with E-state index in [1.807, 2.05) is 12.1 Å². The fourth-order valence-electron chi connectivity index (χ4n) is 2.37. The van der Waals surface area contributed by atoms with Crippen molar-refractivity contribution >= 4 is 17.3 Å². The van der Waals surface area contributed by atoms with Gasteiger partial charge in [-0.05, 0) is 48.2 Å². The van der Waals surface area contributed by atoms with E-state index >= 15 is 0 Å². The molecule has 2 heteroatoms. The van der Waals surface area contributed by atoms with E-state index in [0.717, 1.165) is 17.9 Å². The molecule has 0 aromatic heterocycles. The number of anilines is 1. The molecule has 0 radical (unpaired) electrons. The zero-order valence-corrected chi connectivity index (χ0v) is 13.0. The van der Waals surface area contributed by atoms with Crippen LogP contribution in [-0.4, -0.2) is 0 Å². The normalized spacial score (nSPS) is 12.2. The van der Waals surface area contributed by atoms with E-state index in [9.17, 15) is 0 Å². The lowest BCUT2D eigenvalue weighted by Crippen LogP contribution is -2.09. The van der Waals surface area contributed by atoms with E-state index in [1.165, 1.54) is 23.2 Å². The minimum Gasteiger partial charge on any atom is -0.378 e. The van der Waals surface area contributed by atoms with E-state index in [-0.39, 0.29) is 0 Å². The van der Waals surface area contributed by atoms with Crippen molar-refractivity contribution in [3.8, 4) is 0 Å². The average molecular weight is 288 g/mol. The van der Waals surface area contributed by atoms with Crippen molar-refractivity contribution in [1.82, 2.24) is 0 Å². The maximum atomic E-state index is 5.95. The summed E-state index contributed by atoms with van der Waals surface area (Å²) in [7, 11) is 0. The fourth-order valence-corrected chi connectivity index (χ4v) is 2.50. The molecule has 0 aliphatic rings. The lowest BCUT2D eigenvalue weighted by atomic mass is 10.0. The van der Waals surface area contributed by atoms with Crippen molar-refractivity contribution < 1.29 is 0 Å². The van der Waals surface area contributed by atoms with Gasteiger partial charge in [-0.25, -0.2) is 0 Å². The van der Waals surface area contributed by atoms with Crippen molar-refractivity contribution in [3.63, 3.8) is 0 Å². The SMILES string of the molecule is CCCc1ccc(NC(CC)c2ccc(Cl)cc2)cc1. The molecule has 0 spiro atoms. The minimum absolute atomic E-state index is 0.323. The molecule has 106 valence electrons. The number of aryl methyl sites for hydroxylation is 1. The van der Waals surface area contributed by atoms with Crippen molar-refractivity contribution in [2.24, 2.45) is 0 Å². The minimum atomic E-state index is 0.323. The molecule has 1 nitrogen and oxygen atoms in total. The number of nitrogens with one attached hydrogen (secondary N) is 1. The summed E-state index contributed by atoms with van der Waals surface area (Å²) in [6, 6.07) is 17.2. The van der Waals surface area contributed by atoms with E-state index in [0.29, 0.717) is 6.04 Å². The highest BCUT2D eigenvalue weighted by atomic mass is 35.5. The molecule has 1 atom stereocenters. The van der Waals surface area contributed by atoms with Gasteiger partial charge in [0, 0.05) is 10.7 Å². The Balaban J connectivity index is 2.07. The van der Waals surface area contributed by atoms with Crippen LogP contribution < -0.4 is 5.32 Å². The van der Waals surface area contributed by atoms with Gasteiger partial charge in [-0.1, -0.05) is 56.1 Å². The van der Waals surface area contributed by atoms with Gasteiger partial charge >= 0.3 is 0 Å². The molecule has 0 aliphatic carbocycles. The molecule has 1 unspecified atom stereocenters. The lowest BCUT2D eigenvalue weighted by molar-refractivity contribution is 0.749. The Morgan fingerprint density at radius 2 is 1.60 bits per heavy atom. The van der Waals surface area contributed by atoms with Crippen LogP contribution in [0.1, 0.15) is 43.9 Å². The maximum Gasteiger partial charge on any atom is 0.0511 e. The average Bonchev–Trinajstić information content (AvgIpc) is 2.48. The topological polar surface area (TPSA) is 12.0 Å². The highest BCUT2D eigenvalue weighted by Crippen LogP contribution is 2.24. The van der Waals surface area contributed by atoms with Gasteiger partial charge < -0.3 is 5.32 Å². The third-order valence-electron chi connectivity index (χ3n) is 3.51. The van der Waals surface area contributed by atoms with Crippen molar-refractivity contribution in [2.75, 3.05) is 5.32 Å². The summed E-state index contributed by atoms with van der Waals surface area (Å²) in [4.78, 5) is 0. The quantitative estimate of drug-likeness (QED) is 0.702. The van der Waals surface area contributed by atoms with Crippen LogP contribution in [0.3, 0.4) is 0 Å². The third-order valence-corrected chi connectivity index (χ3v) is 3.77. The highest BCUT2D eigenvalue weighted by Gasteiger charge is 2.08. The number of hydrogen-bond acceptors (Lipinski definition) is 1. The number of rotatable bonds is 6. The zero-order chi connectivity index (χ0) is 14.4. The Hall–Kier alpha value is -1.47. The van der Waals surface area contributed by atoms with Crippen molar-refractivity contribution in [2.45, 2.75) is 39.2 Å². The monoisotopic (exact) mass is 287 g/mol. The molecule has 0 saturated carbocycles. The first-order chi connectivity index (χ1) is 9.72. The summed E-state index contributed by atoms with van der Waals surface area (Å²) in [6.07, 6.45) is 3.38. The number of hydrogen-bond donors (Lipinski definition) is 1. The molecule has 2 rings (SSSR count). The molecule has 0 bridgehead atoms. The Morgan fingerprint density at radius 3 is 2.15 bits per heavy atom. The second-order valence-corrected chi connectivity index (χ2v) is 5.54. The van der Waals surface area contributed by atoms with Crippen LogP contribution in [-0.2, 0) is 6.42 Å². The lowest BCUT2D eigenvalue weighted by Gasteiger charge is -2.19. The van der Waals surface area contributed by atoms with E-state index in [1.54, 1.807) is 0 Å². The smallest absolute Gasteiger partial charge is 0.0511 e. The standard InChI is InChI=1S/C18H22ClN/c1-3-5-14-6-12-17(13-7-14)20-18(4-2)15-8-10-16(19)11-9-15/h6-13,18,20H,3-5H2,1-2H3. The molecule has 20 heavy (non-hydrogen) atoms. The highest BCUT2D eigenvalue weighted by molar-refractivity contribution is 6.30. The number of halogens is 1. The molecule has 0 saturated heterocycles. The zero-order valence-electron chi connectivity index (χ0n) is 12.2. The van der Waals surface area contributed by atoms with Gasteiger partial charge in [-0.2, -0.15) is 0 Å². The first kappa shape index (κ1) is 14.9. The summed E-state index contributed by atoms with van der Waals surface area (Å²) in [5.74, 6) is 0. The third kappa shape index (κ3) is 4.01. The van der Waals surface area contributed by atoms with E-state index in [4.69, 9.17) is 11.6 Å². The fraction of sp³-hybridized carbons (Fsp3) is 0.333. The van der Waals surface area contributed by atoms with Gasteiger partial charge in [0.2, 0.25) is 0 Å². The molecule has 0 aliphatic heterocycles. The molecular formula is C18H22ClN. The van der Waals surface area contributed by atoms with Gasteiger partial charge in [-0.3, -0.25) is 0 Å². The molecular weight excluding hydrogens is 266 g/mol. The summed E-state index contributed by atoms with van der Waals surface area (Å²) in [6.45, 7) is 4.40. The van der Waals surface area contributed by atoms with Crippen LogP contribution in [0, 0.1) is 0 Å². The van der Waals surface area contributed by atoms with Gasteiger partial charge in [-0.15, -0.1) is 0 Å². The molecule has 0 fully saturated rings. The van der Waals surface area contributed by atoms with Gasteiger partial charge in [0.05, 0.1) is 6.04 Å². The molecule has 1 N–H and O–H groups in total. The van der Waals surface area contributed by atoms with Gasteiger partial charge in [0.15, 0.2) is 0 Å². The predicted octanol–water partition coefficient (Wildman–Crippen LogP) is 5.86. The molecule has 0 heterocycles. The Kier molecular flexibility index (Phi) is 5.49. The van der Waals surface area contributed by atoms with Crippen molar-refractivity contribution in [3.05, 3.63) is 64.7 Å². The second kappa shape index (κ2) is 7.35. The number of benzene rings is 2. The molecule has 0 amide bonds.